The lowest BCUT2D eigenvalue weighted by Crippen LogP contribution is -2.06. The van der Waals surface area contributed by atoms with Crippen molar-refractivity contribution in [3.63, 3.8) is 0 Å². The van der Waals surface area contributed by atoms with Crippen LogP contribution in [0.5, 0.6) is 5.75 Å². The van der Waals surface area contributed by atoms with Crippen molar-refractivity contribution in [3.8, 4) is 5.75 Å². The van der Waals surface area contributed by atoms with Gasteiger partial charge in [0.2, 0.25) is 0 Å². The largest absolute Gasteiger partial charge is 0.490 e. The number of halogens is 1. The van der Waals surface area contributed by atoms with Gasteiger partial charge >= 0.3 is 0 Å². The molecule has 2 aromatic carbocycles. The molecule has 3 nitrogen and oxygen atoms in total. The third-order valence-electron chi connectivity index (χ3n) is 2.75. The van der Waals surface area contributed by atoms with Gasteiger partial charge in [0.05, 0.1) is 23.3 Å². The highest BCUT2D eigenvalue weighted by Gasteiger charge is 2.03. The van der Waals surface area contributed by atoms with Crippen molar-refractivity contribution in [2.24, 2.45) is 5.10 Å². The van der Waals surface area contributed by atoms with E-state index in [4.69, 9.17) is 4.74 Å². The predicted octanol–water partition coefficient (Wildman–Crippen LogP) is 4.36. The Bertz CT molecular complexity index is 597. The summed E-state index contributed by atoms with van der Waals surface area (Å²) in [6.07, 6.45) is 1.96. The zero-order valence-corrected chi connectivity index (χ0v) is 13.8. The second-order valence-electron chi connectivity index (χ2n) is 4.94. The van der Waals surface area contributed by atoms with Gasteiger partial charge in [-0.15, -0.1) is 0 Å². The van der Waals surface area contributed by atoms with Gasteiger partial charge in [-0.1, -0.05) is 30.3 Å². The molecule has 21 heavy (non-hydrogen) atoms. The Morgan fingerprint density at radius 1 is 1.19 bits per heavy atom. The third kappa shape index (κ3) is 5.23. The maximum Gasteiger partial charge on any atom is 0.133 e. The predicted molar refractivity (Wildman–Crippen MR) is 90.8 cm³/mol. The monoisotopic (exact) mass is 346 g/mol. The lowest BCUT2D eigenvalue weighted by atomic mass is 10.2. The van der Waals surface area contributed by atoms with E-state index in [0.29, 0.717) is 6.54 Å². The van der Waals surface area contributed by atoms with Crippen LogP contribution in [-0.2, 0) is 6.54 Å². The molecule has 0 saturated heterocycles. The number of hydrogen-bond donors (Lipinski definition) is 1. The summed E-state index contributed by atoms with van der Waals surface area (Å²) in [6.45, 7) is 4.73. The van der Waals surface area contributed by atoms with Crippen molar-refractivity contribution in [1.29, 1.82) is 0 Å². The van der Waals surface area contributed by atoms with E-state index >= 15 is 0 Å². The molecule has 0 bridgehead atoms. The van der Waals surface area contributed by atoms with E-state index < -0.39 is 0 Å². The SMILES string of the molecule is CC(C)Oc1ccc(C=NNCc2ccccc2)cc1Br. The number of hydrazone groups is 1. The summed E-state index contributed by atoms with van der Waals surface area (Å²) in [4.78, 5) is 0. The molecule has 0 aromatic heterocycles. The van der Waals surface area contributed by atoms with Gasteiger partial charge in [0, 0.05) is 0 Å². The van der Waals surface area contributed by atoms with Crippen LogP contribution in [-0.4, -0.2) is 12.3 Å². The number of nitrogens with one attached hydrogen (secondary N) is 1. The molecule has 4 heteroatoms. The van der Waals surface area contributed by atoms with Crippen LogP contribution in [0.4, 0.5) is 0 Å². The molecule has 0 aliphatic heterocycles. The summed E-state index contributed by atoms with van der Waals surface area (Å²) in [5, 5.41) is 4.23. The van der Waals surface area contributed by atoms with E-state index in [-0.39, 0.29) is 6.10 Å². The van der Waals surface area contributed by atoms with Crippen molar-refractivity contribution in [3.05, 3.63) is 64.1 Å². The first-order valence-corrected chi connectivity index (χ1v) is 7.70. The van der Waals surface area contributed by atoms with E-state index in [1.807, 2.05) is 50.2 Å². The van der Waals surface area contributed by atoms with Crippen molar-refractivity contribution in [2.45, 2.75) is 26.5 Å². The summed E-state index contributed by atoms with van der Waals surface area (Å²) in [5.41, 5.74) is 5.26. The highest BCUT2D eigenvalue weighted by Crippen LogP contribution is 2.26. The Hall–Kier alpha value is -1.81. The maximum absolute atomic E-state index is 5.68. The molecule has 0 radical (unpaired) electrons. The molecule has 0 aliphatic rings. The van der Waals surface area contributed by atoms with Crippen molar-refractivity contribution in [2.75, 3.05) is 0 Å². The molecular formula is C17H19BrN2O. The van der Waals surface area contributed by atoms with E-state index in [2.05, 4.69) is 38.6 Å². The first kappa shape index (κ1) is 15.6. The maximum atomic E-state index is 5.68. The second-order valence-corrected chi connectivity index (χ2v) is 5.79. The van der Waals surface area contributed by atoms with E-state index in [1.54, 1.807) is 6.21 Å². The number of hydrogen-bond acceptors (Lipinski definition) is 3. The van der Waals surface area contributed by atoms with Gasteiger partial charge in [-0.25, -0.2) is 0 Å². The summed E-state index contributed by atoms with van der Waals surface area (Å²) in [7, 11) is 0. The molecular weight excluding hydrogens is 328 g/mol. The molecule has 0 heterocycles. The first-order chi connectivity index (χ1) is 10.1. The van der Waals surface area contributed by atoms with Crippen LogP contribution in [0, 0.1) is 0 Å². The van der Waals surface area contributed by atoms with E-state index in [9.17, 15) is 0 Å². The minimum atomic E-state index is 0.161. The van der Waals surface area contributed by atoms with Crippen LogP contribution >= 0.6 is 15.9 Å². The van der Waals surface area contributed by atoms with Crippen LogP contribution in [0.15, 0.2) is 58.1 Å². The summed E-state index contributed by atoms with van der Waals surface area (Å²) >= 11 is 3.51. The molecule has 0 amide bonds. The average Bonchev–Trinajstić information content (AvgIpc) is 2.47. The van der Waals surface area contributed by atoms with Crippen molar-refractivity contribution < 1.29 is 4.74 Å². The Balaban J connectivity index is 1.90. The van der Waals surface area contributed by atoms with Crippen LogP contribution < -0.4 is 10.2 Å². The summed E-state index contributed by atoms with van der Waals surface area (Å²) in [6, 6.07) is 16.1. The van der Waals surface area contributed by atoms with Crippen molar-refractivity contribution in [1.82, 2.24) is 5.43 Å². The Labute approximate surface area is 134 Å². The van der Waals surface area contributed by atoms with Crippen LogP contribution in [0.3, 0.4) is 0 Å². The van der Waals surface area contributed by atoms with Crippen LogP contribution in [0.25, 0.3) is 0 Å². The zero-order valence-electron chi connectivity index (χ0n) is 12.2. The molecule has 2 aromatic rings. The minimum Gasteiger partial charge on any atom is -0.490 e. The molecule has 110 valence electrons. The molecule has 0 saturated carbocycles. The fourth-order valence-corrected chi connectivity index (χ4v) is 2.29. The van der Waals surface area contributed by atoms with Gasteiger partial charge < -0.3 is 10.2 Å². The lowest BCUT2D eigenvalue weighted by molar-refractivity contribution is 0.241. The van der Waals surface area contributed by atoms with Crippen LogP contribution in [0.2, 0.25) is 0 Å². The fraction of sp³-hybridized carbons (Fsp3) is 0.235. The average molecular weight is 347 g/mol. The number of nitrogens with zero attached hydrogens (tertiary/aromatic N) is 1. The van der Waals surface area contributed by atoms with Gasteiger partial charge in [-0.3, -0.25) is 0 Å². The Morgan fingerprint density at radius 3 is 2.62 bits per heavy atom. The molecule has 1 N–H and O–H groups in total. The number of ether oxygens (including phenoxy) is 1. The van der Waals surface area contributed by atoms with Gasteiger partial charge in [0.25, 0.3) is 0 Å². The minimum absolute atomic E-state index is 0.161. The molecule has 0 unspecified atom stereocenters. The molecule has 2 rings (SSSR count). The van der Waals surface area contributed by atoms with Gasteiger partial charge in [-0.05, 0) is 59.1 Å². The van der Waals surface area contributed by atoms with Gasteiger partial charge in [0.15, 0.2) is 0 Å². The van der Waals surface area contributed by atoms with E-state index in [0.717, 1.165) is 15.8 Å². The molecule has 0 spiro atoms. The van der Waals surface area contributed by atoms with Gasteiger partial charge in [-0.2, -0.15) is 5.10 Å². The summed E-state index contributed by atoms with van der Waals surface area (Å²) in [5.74, 6) is 0.847. The highest BCUT2D eigenvalue weighted by molar-refractivity contribution is 9.10. The first-order valence-electron chi connectivity index (χ1n) is 6.91. The molecule has 0 atom stereocenters. The number of benzene rings is 2. The van der Waals surface area contributed by atoms with Crippen molar-refractivity contribution >= 4 is 22.1 Å². The molecule has 0 aliphatic carbocycles. The van der Waals surface area contributed by atoms with Gasteiger partial charge in [0.1, 0.15) is 5.75 Å². The van der Waals surface area contributed by atoms with E-state index in [1.165, 1.54) is 5.56 Å². The highest BCUT2D eigenvalue weighted by atomic mass is 79.9. The molecule has 0 fully saturated rings. The Morgan fingerprint density at radius 2 is 1.95 bits per heavy atom. The van der Waals surface area contributed by atoms with Crippen LogP contribution in [0.1, 0.15) is 25.0 Å². The number of rotatable bonds is 6. The standard InChI is InChI=1S/C17H19BrN2O/c1-13(2)21-17-9-8-15(10-16(17)18)12-20-19-11-14-6-4-3-5-7-14/h3-10,12-13,19H,11H2,1-2H3. The Kier molecular flexibility index (Phi) is 5.81. The summed E-state index contributed by atoms with van der Waals surface area (Å²) < 4.78 is 6.61. The zero-order chi connectivity index (χ0) is 15.1. The smallest absolute Gasteiger partial charge is 0.133 e. The topological polar surface area (TPSA) is 33.6 Å². The third-order valence-corrected chi connectivity index (χ3v) is 3.37. The quantitative estimate of drug-likeness (QED) is 0.622. The second kappa shape index (κ2) is 7.84. The lowest BCUT2D eigenvalue weighted by Gasteiger charge is -2.11. The normalized spacial score (nSPS) is 11.0. The fourth-order valence-electron chi connectivity index (χ4n) is 1.80.